The van der Waals surface area contributed by atoms with E-state index in [1.165, 1.54) is 33.4 Å². The molecule has 2 aliphatic carbocycles. The Balaban J connectivity index is 1.86. The van der Waals surface area contributed by atoms with Gasteiger partial charge in [0, 0.05) is 0 Å². The smallest absolute Gasteiger partial charge is 0.118 e. The highest BCUT2D eigenvalue weighted by Crippen LogP contribution is 2.49. The van der Waals surface area contributed by atoms with Crippen molar-refractivity contribution in [3.63, 3.8) is 0 Å². The zero-order valence-corrected chi connectivity index (χ0v) is 11.5. The van der Waals surface area contributed by atoms with Gasteiger partial charge in [0.2, 0.25) is 0 Å². The third kappa shape index (κ3) is 1.63. The van der Waals surface area contributed by atoms with Crippen LogP contribution in [0.15, 0.2) is 54.1 Å². The summed E-state index contributed by atoms with van der Waals surface area (Å²) in [6.45, 7) is 0. The topological polar surface area (TPSA) is 9.23 Å². The summed E-state index contributed by atoms with van der Waals surface area (Å²) in [4.78, 5) is 0. The first kappa shape index (κ1) is 11.5. The van der Waals surface area contributed by atoms with Gasteiger partial charge in [-0.05, 0) is 58.4 Å². The van der Waals surface area contributed by atoms with Crippen molar-refractivity contribution in [2.75, 3.05) is 7.11 Å². The Morgan fingerprint density at radius 2 is 1.70 bits per heavy atom. The van der Waals surface area contributed by atoms with Crippen LogP contribution in [0.5, 0.6) is 5.75 Å². The van der Waals surface area contributed by atoms with Crippen molar-refractivity contribution in [3.8, 4) is 5.75 Å². The summed E-state index contributed by atoms with van der Waals surface area (Å²) >= 11 is 0. The molecule has 0 aliphatic heterocycles. The SMILES string of the molecule is COc1ccc(C2=C3C(=Cc4ccccc43)CC2)cc1. The van der Waals surface area contributed by atoms with E-state index in [-0.39, 0.29) is 0 Å². The van der Waals surface area contributed by atoms with E-state index in [4.69, 9.17) is 4.74 Å². The number of methoxy groups -OCH3 is 1. The number of benzene rings is 2. The maximum Gasteiger partial charge on any atom is 0.118 e. The highest BCUT2D eigenvalue weighted by atomic mass is 16.5. The van der Waals surface area contributed by atoms with Crippen molar-refractivity contribution < 1.29 is 4.74 Å². The Labute approximate surface area is 119 Å². The fraction of sp³-hybridized carbons (Fsp3) is 0.158. The number of rotatable bonds is 2. The van der Waals surface area contributed by atoms with Crippen LogP contribution in [-0.4, -0.2) is 7.11 Å². The van der Waals surface area contributed by atoms with E-state index in [1.807, 2.05) is 12.1 Å². The minimum absolute atomic E-state index is 0.917. The molecule has 0 bridgehead atoms. The molecule has 1 heteroatoms. The average Bonchev–Trinajstić information content (AvgIpc) is 3.06. The largest absolute Gasteiger partial charge is 0.497 e. The van der Waals surface area contributed by atoms with Crippen LogP contribution < -0.4 is 4.74 Å². The van der Waals surface area contributed by atoms with E-state index >= 15 is 0 Å². The highest BCUT2D eigenvalue weighted by Gasteiger charge is 2.27. The van der Waals surface area contributed by atoms with Crippen LogP contribution in [0.4, 0.5) is 0 Å². The molecular weight excluding hydrogens is 244 g/mol. The first-order valence-electron chi connectivity index (χ1n) is 7.05. The Bertz CT molecular complexity index is 733. The molecule has 0 unspecified atom stereocenters. The molecule has 2 aromatic carbocycles. The summed E-state index contributed by atoms with van der Waals surface area (Å²) in [6, 6.07) is 17.1. The Kier molecular flexibility index (Phi) is 2.53. The molecule has 0 aromatic heterocycles. The van der Waals surface area contributed by atoms with Gasteiger partial charge < -0.3 is 4.74 Å². The van der Waals surface area contributed by atoms with E-state index in [1.54, 1.807) is 7.11 Å². The predicted octanol–water partition coefficient (Wildman–Crippen LogP) is 4.80. The molecule has 20 heavy (non-hydrogen) atoms. The van der Waals surface area contributed by atoms with Crippen LogP contribution in [-0.2, 0) is 0 Å². The molecule has 1 nitrogen and oxygen atoms in total. The van der Waals surface area contributed by atoms with Crippen LogP contribution in [0.3, 0.4) is 0 Å². The molecule has 2 aromatic rings. The monoisotopic (exact) mass is 260 g/mol. The van der Waals surface area contributed by atoms with E-state index in [9.17, 15) is 0 Å². The zero-order valence-electron chi connectivity index (χ0n) is 11.5. The first-order valence-corrected chi connectivity index (χ1v) is 7.05. The molecular formula is C19H16O. The van der Waals surface area contributed by atoms with Gasteiger partial charge in [0.1, 0.15) is 5.75 Å². The van der Waals surface area contributed by atoms with Gasteiger partial charge in [0.25, 0.3) is 0 Å². The summed E-state index contributed by atoms with van der Waals surface area (Å²) in [5.41, 5.74) is 8.52. The van der Waals surface area contributed by atoms with Gasteiger partial charge in [0.15, 0.2) is 0 Å². The molecule has 0 heterocycles. The normalized spacial score (nSPS) is 15.9. The Hall–Kier alpha value is -2.28. The van der Waals surface area contributed by atoms with Gasteiger partial charge >= 0.3 is 0 Å². The number of allylic oxidation sites excluding steroid dienone is 3. The van der Waals surface area contributed by atoms with Gasteiger partial charge in [-0.1, -0.05) is 42.5 Å². The first-order chi connectivity index (χ1) is 9.86. The third-order valence-corrected chi connectivity index (χ3v) is 4.27. The average molecular weight is 260 g/mol. The third-order valence-electron chi connectivity index (χ3n) is 4.27. The predicted molar refractivity (Wildman–Crippen MR) is 83.5 cm³/mol. The lowest BCUT2D eigenvalue weighted by Gasteiger charge is -2.08. The van der Waals surface area contributed by atoms with Gasteiger partial charge in [-0.15, -0.1) is 0 Å². The summed E-state index contributed by atoms with van der Waals surface area (Å²) < 4.78 is 5.25. The number of ether oxygens (including phenoxy) is 1. The molecule has 2 aliphatic rings. The minimum Gasteiger partial charge on any atom is -0.497 e. The van der Waals surface area contributed by atoms with E-state index in [0.29, 0.717) is 0 Å². The summed E-state index contributed by atoms with van der Waals surface area (Å²) in [7, 11) is 1.71. The van der Waals surface area contributed by atoms with Crippen molar-refractivity contribution in [2.24, 2.45) is 0 Å². The quantitative estimate of drug-likeness (QED) is 0.754. The second-order valence-corrected chi connectivity index (χ2v) is 5.34. The molecule has 0 spiro atoms. The fourth-order valence-electron chi connectivity index (χ4n) is 3.30. The molecule has 0 N–H and O–H groups in total. The summed E-state index contributed by atoms with van der Waals surface area (Å²) in [5.74, 6) is 0.917. The van der Waals surface area contributed by atoms with Crippen molar-refractivity contribution in [3.05, 3.63) is 70.8 Å². The second kappa shape index (κ2) is 4.38. The van der Waals surface area contributed by atoms with Gasteiger partial charge in [-0.25, -0.2) is 0 Å². The van der Waals surface area contributed by atoms with Crippen molar-refractivity contribution in [2.45, 2.75) is 12.8 Å². The minimum atomic E-state index is 0.917. The van der Waals surface area contributed by atoms with Crippen LogP contribution in [0.1, 0.15) is 29.5 Å². The molecule has 0 amide bonds. The highest BCUT2D eigenvalue weighted by molar-refractivity contribution is 6.08. The van der Waals surface area contributed by atoms with E-state index in [0.717, 1.165) is 18.6 Å². The van der Waals surface area contributed by atoms with Crippen LogP contribution in [0.25, 0.3) is 17.2 Å². The second-order valence-electron chi connectivity index (χ2n) is 5.34. The molecule has 0 radical (unpaired) electrons. The van der Waals surface area contributed by atoms with Crippen LogP contribution in [0, 0.1) is 0 Å². The van der Waals surface area contributed by atoms with Gasteiger partial charge in [-0.3, -0.25) is 0 Å². The van der Waals surface area contributed by atoms with E-state index in [2.05, 4.69) is 42.5 Å². The van der Waals surface area contributed by atoms with Crippen LogP contribution in [0.2, 0.25) is 0 Å². The summed E-state index contributed by atoms with van der Waals surface area (Å²) in [5, 5.41) is 0. The van der Waals surface area contributed by atoms with Crippen LogP contribution >= 0.6 is 0 Å². The maximum absolute atomic E-state index is 5.25. The molecule has 98 valence electrons. The molecule has 0 saturated heterocycles. The molecule has 4 rings (SSSR count). The lowest BCUT2D eigenvalue weighted by atomic mass is 9.97. The lowest BCUT2D eigenvalue weighted by molar-refractivity contribution is 0.415. The molecule has 0 fully saturated rings. The van der Waals surface area contributed by atoms with Crippen molar-refractivity contribution in [1.82, 2.24) is 0 Å². The number of fused-ring (bicyclic) bond motifs is 3. The summed E-state index contributed by atoms with van der Waals surface area (Å²) in [6.07, 6.45) is 4.65. The number of hydrogen-bond donors (Lipinski definition) is 0. The zero-order chi connectivity index (χ0) is 13.5. The Morgan fingerprint density at radius 1 is 0.900 bits per heavy atom. The van der Waals surface area contributed by atoms with Gasteiger partial charge in [-0.2, -0.15) is 0 Å². The lowest BCUT2D eigenvalue weighted by Crippen LogP contribution is -1.87. The number of hydrogen-bond acceptors (Lipinski definition) is 1. The van der Waals surface area contributed by atoms with Gasteiger partial charge in [0.05, 0.1) is 7.11 Å². The van der Waals surface area contributed by atoms with Crippen molar-refractivity contribution >= 4 is 17.2 Å². The Morgan fingerprint density at radius 3 is 2.50 bits per heavy atom. The molecule has 0 saturated carbocycles. The maximum atomic E-state index is 5.25. The fourth-order valence-corrected chi connectivity index (χ4v) is 3.30. The standard InChI is InChI=1S/C19H16O/c1-20-16-9-6-13(7-10-16)18-11-8-15-12-14-4-2-3-5-17(14)19(15)18/h2-7,9-10,12H,8,11H2,1H3. The van der Waals surface area contributed by atoms with E-state index < -0.39 is 0 Å². The van der Waals surface area contributed by atoms with Crippen molar-refractivity contribution in [1.29, 1.82) is 0 Å². The molecule has 0 atom stereocenters.